The van der Waals surface area contributed by atoms with Crippen LogP contribution in [0.2, 0.25) is 0 Å². The van der Waals surface area contributed by atoms with E-state index in [0.29, 0.717) is 5.75 Å². The van der Waals surface area contributed by atoms with E-state index in [4.69, 9.17) is 9.84 Å². The maximum Gasteiger partial charge on any atom is 0.335 e. The monoisotopic (exact) mass is 325 g/mol. The van der Waals surface area contributed by atoms with E-state index in [1.165, 1.54) is 31.4 Å². The predicted octanol–water partition coefficient (Wildman–Crippen LogP) is 2.33. The highest BCUT2D eigenvalue weighted by atomic mass is 32.2. The number of ether oxygens (including phenoxy) is 1. The van der Waals surface area contributed by atoms with E-state index in [9.17, 15) is 17.6 Å². The number of carboxylic acid groups (broad SMARTS) is 1. The summed E-state index contributed by atoms with van der Waals surface area (Å²) in [5.41, 5.74) is -0.662. The summed E-state index contributed by atoms with van der Waals surface area (Å²) in [4.78, 5) is 10.8. The number of benzene rings is 2. The van der Waals surface area contributed by atoms with Gasteiger partial charge in [-0.3, -0.25) is 4.72 Å². The number of carboxylic acids is 1. The van der Waals surface area contributed by atoms with Gasteiger partial charge >= 0.3 is 5.97 Å². The van der Waals surface area contributed by atoms with Crippen LogP contribution in [-0.4, -0.2) is 26.6 Å². The van der Waals surface area contributed by atoms with Crippen LogP contribution in [0.4, 0.5) is 10.1 Å². The number of sulfonamides is 1. The van der Waals surface area contributed by atoms with Crippen molar-refractivity contribution < 1.29 is 27.4 Å². The zero-order valence-corrected chi connectivity index (χ0v) is 12.2. The predicted molar refractivity (Wildman–Crippen MR) is 77.2 cm³/mol. The van der Waals surface area contributed by atoms with E-state index in [2.05, 4.69) is 0 Å². The fraction of sp³-hybridized carbons (Fsp3) is 0.0714. The zero-order chi connectivity index (χ0) is 16.3. The summed E-state index contributed by atoms with van der Waals surface area (Å²) in [7, 11) is -2.60. The number of aromatic carboxylic acids is 1. The van der Waals surface area contributed by atoms with Crippen molar-refractivity contribution in [1.29, 1.82) is 0 Å². The van der Waals surface area contributed by atoms with Crippen molar-refractivity contribution in [3.8, 4) is 5.75 Å². The van der Waals surface area contributed by atoms with Crippen LogP contribution in [0, 0.1) is 5.82 Å². The average Bonchev–Trinajstić information content (AvgIpc) is 2.49. The number of nitrogens with one attached hydrogen (secondary N) is 1. The second kappa shape index (κ2) is 6.02. The van der Waals surface area contributed by atoms with Gasteiger partial charge in [0.25, 0.3) is 10.0 Å². The molecule has 0 aliphatic carbocycles. The third kappa shape index (κ3) is 3.34. The number of hydrogen-bond acceptors (Lipinski definition) is 4. The highest BCUT2D eigenvalue weighted by Crippen LogP contribution is 2.22. The summed E-state index contributed by atoms with van der Waals surface area (Å²) in [5.74, 6) is -1.69. The molecule has 0 fully saturated rings. The second-order valence-corrected chi connectivity index (χ2v) is 5.96. The Labute approximate surface area is 126 Å². The van der Waals surface area contributed by atoms with Crippen molar-refractivity contribution in [2.45, 2.75) is 4.90 Å². The molecule has 0 saturated carbocycles. The standard InChI is InChI=1S/C14H12FNO5S/c1-21-10-3-5-11(6-4-10)22(19,20)16-13-8-9(14(17)18)2-7-12(13)15/h2-8,16H,1H3,(H,17,18). The lowest BCUT2D eigenvalue weighted by Crippen LogP contribution is -2.14. The summed E-state index contributed by atoms with van der Waals surface area (Å²) >= 11 is 0. The van der Waals surface area contributed by atoms with Gasteiger partial charge in [-0.05, 0) is 42.5 Å². The largest absolute Gasteiger partial charge is 0.497 e. The second-order valence-electron chi connectivity index (χ2n) is 4.28. The Morgan fingerprint density at radius 3 is 2.36 bits per heavy atom. The fourth-order valence-electron chi connectivity index (χ4n) is 1.70. The Kier molecular flexibility index (Phi) is 4.32. The molecule has 0 bridgehead atoms. The molecule has 0 aromatic heterocycles. The van der Waals surface area contributed by atoms with Gasteiger partial charge < -0.3 is 9.84 Å². The first-order chi connectivity index (χ1) is 10.3. The molecule has 0 saturated heterocycles. The Bertz CT molecular complexity index is 802. The Hall–Kier alpha value is -2.61. The van der Waals surface area contributed by atoms with Gasteiger partial charge in [0.05, 0.1) is 23.3 Å². The summed E-state index contributed by atoms with van der Waals surface area (Å²) in [6.07, 6.45) is 0. The first-order valence-electron chi connectivity index (χ1n) is 6.03. The zero-order valence-electron chi connectivity index (χ0n) is 11.4. The van der Waals surface area contributed by atoms with Crippen molar-refractivity contribution in [2.24, 2.45) is 0 Å². The SMILES string of the molecule is COc1ccc(S(=O)(=O)Nc2cc(C(=O)O)ccc2F)cc1. The molecular formula is C14H12FNO5S. The van der Waals surface area contributed by atoms with E-state index in [1.807, 2.05) is 4.72 Å². The van der Waals surface area contributed by atoms with Gasteiger partial charge in [-0.25, -0.2) is 17.6 Å². The highest BCUT2D eigenvalue weighted by molar-refractivity contribution is 7.92. The number of carbonyl (C=O) groups is 1. The lowest BCUT2D eigenvalue weighted by Gasteiger charge is -2.10. The number of hydrogen-bond donors (Lipinski definition) is 2. The van der Waals surface area contributed by atoms with E-state index in [0.717, 1.165) is 18.2 Å². The van der Waals surface area contributed by atoms with Crippen LogP contribution < -0.4 is 9.46 Å². The van der Waals surface area contributed by atoms with E-state index < -0.39 is 27.5 Å². The Balaban J connectivity index is 2.35. The van der Waals surface area contributed by atoms with E-state index in [-0.39, 0.29) is 10.5 Å². The van der Waals surface area contributed by atoms with Gasteiger partial charge in [0.2, 0.25) is 0 Å². The van der Waals surface area contributed by atoms with Crippen LogP contribution in [0.5, 0.6) is 5.75 Å². The normalized spacial score (nSPS) is 11.0. The maximum absolute atomic E-state index is 13.7. The molecule has 0 spiro atoms. The molecule has 0 aliphatic heterocycles. The lowest BCUT2D eigenvalue weighted by atomic mass is 10.2. The summed E-state index contributed by atoms with van der Waals surface area (Å²) in [6, 6.07) is 8.31. The minimum absolute atomic E-state index is 0.103. The molecule has 8 heteroatoms. The van der Waals surface area contributed by atoms with Crippen LogP contribution in [0.25, 0.3) is 0 Å². The van der Waals surface area contributed by atoms with Crippen molar-refractivity contribution in [3.63, 3.8) is 0 Å². The first kappa shape index (κ1) is 15.8. The van der Waals surface area contributed by atoms with E-state index in [1.54, 1.807) is 0 Å². The number of anilines is 1. The molecule has 0 amide bonds. The van der Waals surface area contributed by atoms with Crippen LogP contribution in [-0.2, 0) is 10.0 Å². The number of halogens is 1. The van der Waals surface area contributed by atoms with Crippen LogP contribution in [0.15, 0.2) is 47.4 Å². The minimum atomic E-state index is -4.04. The van der Waals surface area contributed by atoms with Crippen molar-refractivity contribution >= 4 is 21.7 Å². The molecule has 2 aromatic carbocycles. The third-order valence-electron chi connectivity index (χ3n) is 2.83. The highest BCUT2D eigenvalue weighted by Gasteiger charge is 2.17. The van der Waals surface area contributed by atoms with Crippen LogP contribution in [0.3, 0.4) is 0 Å². The molecule has 0 atom stereocenters. The van der Waals surface area contributed by atoms with E-state index >= 15 is 0 Å². The molecule has 0 radical (unpaired) electrons. The summed E-state index contributed by atoms with van der Waals surface area (Å²) in [6.45, 7) is 0. The van der Waals surface area contributed by atoms with Gasteiger partial charge in [-0.1, -0.05) is 0 Å². The number of methoxy groups -OCH3 is 1. The van der Waals surface area contributed by atoms with Crippen molar-refractivity contribution in [3.05, 3.63) is 53.8 Å². The van der Waals surface area contributed by atoms with Crippen molar-refractivity contribution in [2.75, 3.05) is 11.8 Å². The fourth-order valence-corrected chi connectivity index (χ4v) is 2.75. The molecule has 2 aromatic rings. The summed E-state index contributed by atoms with van der Waals surface area (Å²) < 4.78 is 44.9. The quantitative estimate of drug-likeness (QED) is 0.880. The molecular weight excluding hydrogens is 313 g/mol. The number of rotatable bonds is 5. The first-order valence-corrected chi connectivity index (χ1v) is 7.51. The molecule has 0 unspecified atom stereocenters. The van der Waals surface area contributed by atoms with Gasteiger partial charge in [-0.2, -0.15) is 0 Å². The van der Waals surface area contributed by atoms with Crippen molar-refractivity contribution in [1.82, 2.24) is 0 Å². The van der Waals surface area contributed by atoms with Crippen LogP contribution >= 0.6 is 0 Å². The van der Waals surface area contributed by atoms with Crippen LogP contribution in [0.1, 0.15) is 10.4 Å². The molecule has 0 heterocycles. The molecule has 6 nitrogen and oxygen atoms in total. The van der Waals surface area contributed by atoms with Gasteiger partial charge in [0.1, 0.15) is 11.6 Å². The van der Waals surface area contributed by atoms with Gasteiger partial charge in [0.15, 0.2) is 0 Å². The maximum atomic E-state index is 13.7. The lowest BCUT2D eigenvalue weighted by molar-refractivity contribution is 0.0697. The Morgan fingerprint density at radius 2 is 1.82 bits per heavy atom. The smallest absolute Gasteiger partial charge is 0.335 e. The molecule has 2 N–H and O–H groups in total. The molecule has 22 heavy (non-hydrogen) atoms. The van der Waals surface area contributed by atoms with Gasteiger partial charge in [-0.15, -0.1) is 0 Å². The molecule has 116 valence electrons. The topological polar surface area (TPSA) is 92.7 Å². The summed E-state index contributed by atoms with van der Waals surface area (Å²) in [5, 5.41) is 8.86. The Morgan fingerprint density at radius 1 is 1.18 bits per heavy atom. The van der Waals surface area contributed by atoms with Gasteiger partial charge in [0, 0.05) is 0 Å². The molecule has 2 rings (SSSR count). The molecule has 0 aliphatic rings. The third-order valence-corrected chi connectivity index (χ3v) is 4.21. The average molecular weight is 325 g/mol. The minimum Gasteiger partial charge on any atom is -0.497 e.